The molecular weight excluding hydrogens is 406 g/mol. The molecule has 3 aliphatic rings. The number of aromatic carboxylic acids is 1. The molecule has 5 heteroatoms. The Hall–Kier alpha value is -2.01. The number of benzene rings is 2. The van der Waals surface area contributed by atoms with Gasteiger partial charge in [0.05, 0.1) is 18.7 Å². The van der Waals surface area contributed by atoms with E-state index in [1.165, 1.54) is 30.4 Å². The Balaban J connectivity index is 1.65. The molecule has 2 aliphatic carbocycles. The Labute approximate surface area is 167 Å². The van der Waals surface area contributed by atoms with Crippen LogP contribution in [0, 0.1) is 17.8 Å². The zero-order valence-corrected chi connectivity index (χ0v) is 16.7. The fourth-order valence-electron chi connectivity index (χ4n) is 5.88. The number of carbonyl (C=O) groups is 1. The van der Waals surface area contributed by atoms with E-state index in [1.54, 1.807) is 13.2 Å². The third kappa shape index (κ3) is 2.59. The van der Waals surface area contributed by atoms with Gasteiger partial charge in [0.2, 0.25) is 0 Å². The molecule has 2 bridgehead atoms. The van der Waals surface area contributed by atoms with E-state index in [1.807, 2.05) is 24.3 Å². The number of anilines is 1. The summed E-state index contributed by atoms with van der Waals surface area (Å²) >= 11 is 3.61. The first-order valence-electron chi connectivity index (χ1n) is 9.54. The Morgan fingerprint density at radius 2 is 1.96 bits per heavy atom. The summed E-state index contributed by atoms with van der Waals surface area (Å²) in [5.74, 6) is 2.29. The summed E-state index contributed by atoms with van der Waals surface area (Å²) in [6.45, 7) is 0. The molecular formula is C22H22BrNO3. The highest BCUT2D eigenvalue weighted by atomic mass is 79.9. The lowest BCUT2D eigenvalue weighted by atomic mass is 9.67. The minimum atomic E-state index is -0.853. The first kappa shape index (κ1) is 17.1. The first-order valence-corrected chi connectivity index (χ1v) is 10.3. The van der Waals surface area contributed by atoms with Crippen molar-refractivity contribution in [2.75, 3.05) is 12.4 Å². The molecule has 5 atom stereocenters. The van der Waals surface area contributed by atoms with Crippen LogP contribution >= 0.6 is 15.9 Å². The molecule has 0 saturated heterocycles. The lowest BCUT2D eigenvalue weighted by Crippen LogP contribution is -2.35. The second kappa shape index (κ2) is 6.26. The molecule has 2 saturated carbocycles. The summed E-state index contributed by atoms with van der Waals surface area (Å²) in [6.07, 6.45) is 3.78. The van der Waals surface area contributed by atoms with Crippen LogP contribution in [0.3, 0.4) is 0 Å². The lowest BCUT2D eigenvalue weighted by molar-refractivity contribution is 0.0696. The van der Waals surface area contributed by atoms with E-state index in [2.05, 4.69) is 27.3 Å². The summed E-state index contributed by atoms with van der Waals surface area (Å²) in [7, 11) is 1.72. The van der Waals surface area contributed by atoms with Crippen LogP contribution in [0.2, 0.25) is 0 Å². The summed E-state index contributed by atoms with van der Waals surface area (Å²) in [5.41, 5.74) is 3.83. The van der Waals surface area contributed by atoms with Crippen LogP contribution in [0.25, 0.3) is 0 Å². The average molecular weight is 428 g/mol. The van der Waals surface area contributed by atoms with Crippen molar-refractivity contribution in [2.24, 2.45) is 17.8 Å². The number of fused-ring (bicyclic) bond motifs is 7. The van der Waals surface area contributed by atoms with Gasteiger partial charge in [-0.2, -0.15) is 0 Å². The maximum Gasteiger partial charge on any atom is 0.335 e. The monoisotopic (exact) mass is 427 g/mol. The zero-order chi connectivity index (χ0) is 18.7. The van der Waals surface area contributed by atoms with Crippen molar-refractivity contribution in [3.8, 4) is 5.75 Å². The zero-order valence-electron chi connectivity index (χ0n) is 15.1. The van der Waals surface area contributed by atoms with E-state index in [4.69, 9.17) is 4.74 Å². The van der Waals surface area contributed by atoms with Crippen LogP contribution in [-0.4, -0.2) is 18.2 Å². The van der Waals surface area contributed by atoms with Gasteiger partial charge >= 0.3 is 5.97 Å². The van der Waals surface area contributed by atoms with Gasteiger partial charge in [-0.1, -0.05) is 15.9 Å². The summed E-state index contributed by atoms with van der Waals surface area (Å²) in [4.78, 5) is 11.5. The summed E-state index contributed by atoms with van der Waals surface area (Å²) in [5, 5.41) is 13.2. The first-order chi connectivity index (χ1) is 13.1. The fourth-order valence-corrected chi connectivity index (χ4v) is 6.26. The molecule has 2 aromatic carbocycles. The molecule has 0 amide bonds. The van der Waals surface area contributed by atoms with Crippen molar-refractivity contribution >= 4 is 27.6 Å². The minimum absolute atomic E-state index is 0.181. The number of carboxylic acid groups (broad SMARTS) is 1. The molecule has 0 unspecified atom stereocenters. The summed E-state index contributed by atoms with van der Waals surface area (Å²) in [6, 6.07) is 11.9. The van der Waals surface area contributed by atoms with Crippen molar-refractivity contribution in [1.29, 1.82) is 0 Å². The van der Waals surface area contributed by atoms with Gasteiger partial charge in [-0.05, 0) is 84.9 Å². The standard InChI is InChI=1S/C22H22BrNO3/c1-27-18-7-5-14(23)10-16(18)21-20-12-3-2-11(8-12)19(20)15-9-13(22(25)26)4-6-17(15)24-21/h4-7,9-12,19-21,24H,2-3,8H2,1H3,(H,25,26)/t11-,12+,19+,20+,21-/m1/s1. The number of rotatable bonds is 3. The molecule has 0 aromatic heterocycles. The maximum atomic E-state index is 11.5. The van der Waals surface area contributed by atoms with Crippen LogP contribution < -0.4 is 10.1 Å². The average Bonchev–Trinajstić information content (AvgIpc) is 3.29. The number of methoxy groups -OCH3 is 1. The number of carboxylic acids is 1. The Morgan fingerprint density at radius 1 is 1.15 bits per heavy atom. The van der Waals surface area contributed by atoms with Gasteiger partial charge in [-0.3, -0.25) is 0 Å². The van der Waals surface area contributed by atoms with Gasteiger partial charge in [-0.15, -0.1) is 0 Å². The van der Waals surface area contributed by atoms with E-state index in [-0.39, 0.29) is 6.04 Å². The second-order valence-electron chi connectivity index (χ2n) is 8.05. The minimum Gasteiger partial charge on any atom is -0.496 e. The Bertz CT molecular complexity index is 928. The molecule has 5 rings (SSSR count). The Kier molecular flexibility index (Phi) is 3.97. The third-order valence-corrected chi connectivity index (χ3v) is 7.35. The van der Waals surface area contributed by atoms with E-state index in [9.17, 15) is 9.90 Å². The largest absolute Gasteiger partial charge is 0.496 e. The van der Waals surface area contributed by atoms with Gasteiger partial charge in [0.15, 0.2) is 0 Å². The molecule has 27 heavy (non-hydrogen) atoms. The van der Waals surface area contributed by atoms with Gasteiger partial charge in [0.1, 0.15) is 5.75 Å². The highest BCUT2D eigenvalue weighted by Gasteiger charge is 2.54. The van der Waals surface area contributed by atoms with Gasteiger partial charge < -0.3 is 15.2 Å². The second-order valence-corrected chi connectivity index (χ2v) is 8.97. The van der Waals surface area contributed by atoms with Crippen LogP contribution in [-0.2, 0) is 0 Å². The van der Waals surface area contributed by atoms with Crippen molar-refractivity contribution < 1.29 is 14.6 Å². The predicted octanol–water partition coefficient (Wildman–Crippen LogP) is 5.45. The fraction of sp³-hybridized carbons (Fsp3) is 0.409. The van der Waals surface area contributed by atoms with Crippen LogP contribution in [0.4, 0.5) is 5.69 Å². The maximum absolute atomic E-state index is 11.5. The molecule has 1 aliphatic heterocycles. The number of hydrogen-bond acceptors (Lipinski definition) is 3. The van der Waals surface area contributed by atoms with E-state index < -0.39 is 5.97 Å². The molecule has 0 spiro atoms. The molecule has 2 aromatic rings. The van der Waals surface area contributed by atoms with Gasteiger partial charge in [0, 0.05) is 15.7 Å². The number of nitrogens with one attached hydrogen (secondary N) is 1. The normalized spacial score (nSPS) is 30.4. The van der Waals surface area contributed by atoms with E-state index in [0.717, 1.165) is 15.9 Å². The smallest absolute Gasteiger partial charge is 0.335 e. The van der Waals surface area contributed by atoms with Crippen molar-refractivity contribution in [2.45, 2.75) is 31.2 Å². The van der Waals surface area contributed by atoms with Gasteiger partial charge in [0.25, 0.3) is 0 Å². The van der Waals surface area contributed by atoms with E-state index in [0.29, 0.717) is 29.2 Å². The highest BCUT2D eigenvalue weighted by molar-refractivity contribution is 9.10. The highest BCUT2D eigenvalue weighted by Crippen LogP contribution is 2.64. The SMILES string of the molecule is COc1ccc(Br)cc1[C@H]1Nc2ccc(C(=O)O)cc2[C@@H]2[C@@H]3CC[C@@H](C3)[C@@H]21. The molecule has 1 heterocycles. The van der Waals surface area contributed by atoms with Crippen LogP contribution in [0.5, 0.6) is 5.75 Å². The molecule has 140 valence electrons. The molecule has 2 N–H and O–H groups in total. The van der Waals surface area contributed by atoms with Crippen molar-refractivity contribution in [1.82, 2.24) is 0 Å². The molecule has 0 radical (unpaired) electrons. The summed E-state index contributed by atoms with van der Waals surface area (Å²) < 4.78 is 6.73. The van der Waals surface area contributed by atoms with E-state index >= 15 is 0 Å². The molecule has 4 nitrogen and oxygen atoms in total. The van der Waals surface area contributed by atoms with Crippen molar-refractivity contribution in [3.63, 3.8) is 0 Å². The predicted molar refractivity (Wildman–Crippen MR) is 108 cm³/mol. The topological polar surface area (TPSA) is 58.6 Å². The van der Waals surface area contributed by atoms with Crippen LogP contribution in [0.15, 0.2) is 40.9 Å². The quantitative estimate of drug-likeness (QED) is 0.683. The third-order valence-electron chi connectivity index (χ3n) is 6.86. The number of ether oxygens (including phenoxy) is 1. The lowest BCUT2D eigenvalue weighted by Gasteiger charge is -2.44. The molecule has 2 fully saturated rings. The van der Waals surface area contributed by atoms with Crippen molar-refractivity contribution in [3.05, 3.63) is 57.6 Å². The van der Waals surface area contributed by atoms with Gasteiger partial charge in [-0.25, -0.2) is 4.79 Å². The van der Waals surface area contributed by atoms with Crippen LogP contribution in [0.1, 0.15) is 52.7 Å². The number of halogens is 1. The Morgan fingerprint density at radius 3 is 2.74 bits per heavy atom. The number of hydrogen-bond donors (Lipinski definition) is 2.